The van der Waals surface area contributed by atoms with Gasteiger partial charge in [-0.25, -0.2) is 0 Å². The molecule has 0 amide bonds. The van der Waals surface area contributed by atoms with Crippen LogP contribution in [0.15, 0.2) is 66.7 Å². The Labute approximate surface area is 220 Å². The van der Waals surface area contributed by atoms with Crippen LogP contribution in [0.5, 0.6) is 11.5 Å². The van der Waals surface area contributed by atoms with Gasteiger partial charge < -0.3 is 9.47 Å². The molecule has 0 bridgehead atoms. The molecule has 0 aliphatic heterocycles. The average Bonchev–Trinajstić information content (AvgIpc) is 3.21. The third-order valence-electron chi connectivity index (χ3n) is 5.91. The molecule has 0 radical (unpaired) electrons. The van der Waals surface area contributed by atoms with Gasteiger partial charge in [0.2, 0.25) is 0 Å². The first-order valence-corrected chi connectivity index (χ1v) is 11.8. The predicted molar refractivity (Wildman–Crippen MR) is 142 cm³/mol. The van der Waals surface area contributed by atoms with E-state index in [2.05, 4.69) is 18.2 Å². The zero-order valence-electron chi connectivity index (χ0n) is 20.8. The second-order valence-electron chi connectivity index (χ2n) is 8.20. The first kappa shape index (κ1) is 26.7. The molecule has 0 atom stereocenters. The number of nitrogens with zero attached hydrogens (tertiary/aromatic N) is 3. The van der Waals surface area contributed by atoms with Gasteiger partial charge in [-0.15, -0.1) is 0 Å². The Hall–Kier alpha value is -5.39. The SMILES string of the molecule is CCOc1ccc2ccccc2c1OCC.O=C1c2cc([N+](=O)[O-])ccc2-c2c1cc([N+](=O)[O-])cc2[N+](=O)[O-]. The van der Waals surface area contributed by atoms with Gasteiger partial charge in [-0.05, 0) is 31.4 Å². The Kier molecular flexibility index (Phi) is 7.47. The van der Waals surface area contributed by atoms with Crippen LogP contribution in [0.4, 0.5) is 17.1 Å². The van der Waals surface area contributed by atoms with E-state index in [0.29, 0.717) is 13.2 Å². The topological polar surface area (TPSA) is 165 Å². The molecule has 0 spiro atoms. The van der Waals surface area contributed by atoms with Crippen LogP contribution in [-0.4, -0.2) is 33.8 Å². The second kappa shape index (κ2) is 10.9. The van der Waals surface area contributed by atoms with Crippen molar-refractivity contribution in [2.75, 3.05) is 13.2 Å². The smallest absolute Gasteiger partial charge is 0.284 e. The van der Waals surface area contributed by atoms with Crippen LogP contribution in [-0.2, 0) is 0 Å². The van der Waals surface area contributed by atoms with Gasteiger partial charge in [0.15, 0.2) is 17.3 Å². The Balaban J connectivity index is 0.000000193. The van der Waals surface area contributed by atoms with Crippen molar-refractivity contribution < 1.29 is 29.0 Å². The Morgan fingerprint density at radius 1 is 0.692 bits per heavy atom. The van der Waals surface area contributed by atoms with Gasteiger partial charge in [0.05, 0.1) is 39.6 Å². The molecule has 4 aromatic carbocycles. The molecule has 4 aromatic rings. The van der Waals surface area contributed by atoms with Crippen LogP contribution in [0.2, 0.25) is 0 Å². The molecule has 1 aliphatic carbocycles. The molecule has 0 N–H and O–H groups in total. The number of fused-ring (bicyclic) bond motifs is 4. The molecule has 0 fully saturated rings. The Morgan fingerprint density at radius 3 is 2.00 bits per heavy atom. The fourth-order valence-corrected chi connectivity index (χ4v) is 4.31. The first-order valence-electron chi connectivity index (χ1n) is 11.8. The number of benzene rings is 4. The Morgan fingerprint density at radius 2 is 1.36 bits per heavy atom. The summed E-state index contributed by atoms with van der Waals surface area (Å²) < 4.78 is 11.3. The van der Waals surface area contributed by atoms with Gasteiger partial charge in [-0.1, -0.05) is 30.3 Å². The van der Waals surface area contributed by atoms with Crippen molar-refractivity contribution in [3.63, 3.8) is 0 Å². The second-order valence-corrected chi connectivity index (χ2v) is 8.20. The van der Waals surface area contributed by atoms with E-state index in [1.807, 2.05) is 32.0 Å². The van der Waals surface area contributed by atoms with Crippen molar-refractivity contribution >= 4 is 33.6 Å². The zero-order chi connectivity index (χ0) is 28.3. The van der Waals surface area contributed by atoms with Gasteiger partial charge in [-0.2, -0.15) is 0 Å². The third-order valence-corrected chi connectivity index (χ3v) is 5.91. The summed E-state index contributed by atoms with van der Waals surface area (Å²) in [4.78, 5) is 42.8. The summed E-state index contributed by atoms with van der Waals surface area (Å²) in [5, 5.41) is 35.1. The lowest BCUT2D eigenvalue weighted by Gasteiger charge is -2.13. The number of non-ortho nitro benzene ring substituents is 2. The number of hydrogen-bond acceptors (Lipinski definition) is 9. The van der Waals surface area contributed by atoms with Crippen molar-refractivity contribution in [2.24, 2.45) is 0 Å². The van der Waals surface area contributed by atoms with Crippen LogP contribution in [0.3, 0.4) is 0 Å². The van der Waals surface area contributed by atoms with Crippen molar-refractivity contribution in [2.45, 2.75) is 13.8 Å². The summed E-state index contributed by atoms with van der Waals surface area (Å²) in [6, 6.07) is 17.3. The summed E-state index contributed by atoms with van der Waals surface area (Å²) >= 11 is 0. The van der Waals surface area contributed by atoms with E-state index in [0.717, 1.165) is 41.2 Å². The Bertz CT molecular complexity index is 1650. The minimum Gasteiger partial charge on any atom is -0.490 e. The van der Waals surface area contributed by atoms with Crippen LogP contribution < -0.4 is 9.47 Å². The normalized spacial score (nSPS) is 11.2. The molecule has 0 unspecified atom stereocenters. The highest BCUT2D eigenvalue weighted by molar-refractivity contribution is 6.23. The maximum Gasteiger partial charge on any atom is 0.284 e. The molecular weight excluding hydrogens is 510 g/mol. The number of carbonyl (C=O) groups excluding carboxylic acids is 1. The molecule has 0 saturated heterocycles. The lowest BCUT2D eigenvalue weighted by atomic mass is 10.0. The molecule has 0 aromatic heterocycles. The molecule has 12 nitrogen and oxygen atoms in total. The first-order chi connectivity index (χ1) is 18.7. The minimum absolute atomic E-state index is 0.0597. The maximum absolute atomic E-state index is 12.3. The number of rotatable bonds is 7. The largest absolute Gasteiger partial charge is 0.490 e. The lowest BCUT2D eigenvalue weighted by molar-refractivity contribution is -0.393. The number of ether oxygens (including phenoxy) is 2. The van der Waals surface area contributed by atoms with Gasteiger partial charge in [-0.3, -0.25) is 35.1 Å². The molecule has 0 saturated carbocycles. The zero-order valence-corrected chi connectivity index (χ0v) is 20.8. The van der Waals surface area contributed by atoms with Crippen molar-refractivity contribution in [3.8, 4) is 22.6 Å². The molecule has 12 heteroatoms. The maximum atomic E-state index is 12.3. The molecule has 5 rings (SSSR count). The summed E-state index contributed by atoms with van der Waals surface area (Å²) in [7, 11) is 0. The van der Waals surface area contributed by atoms with E-state index in [-0.39, 0.29) is 27.9 Å². The number of nitro benzene ring substituents is 3. The predicted octanol–water partition coefficient (Wildman–Crippen LogP) is 6.26. The van der Waals surface area contributed by atoms with E-state index in [1.165, 1.54) is 11.5 Å². The summed E-state index contributed by atoms with van der Waals surface area (Å²) in [5.41, 5.74) is -1.73. The number of carbonyl (C=O) groups is 1. The van der Waals surface area contributed by atoms with Gasteiger partial charge >= 0.3 is 0 Å². The fraction of sp³-hybridized carbons (Fsp3) is 0.148. The van der Waals surface area contributed by atoms with Gasteiger partial charge in [0.1, 0.15) is 0 Å². The van der Waals surface area contributed by atoms with E-state index in [9.17, 15) is 35.1 Å². The third kappa shape index (κ3) is 5.07. The lowest BCUT2D eigenvalue weighted by Crippen LogP contribution is -2.00. The summed E-state index contributed by atoms with van der Waals surface area (Å²) in [6.45, 7) is 5.26. The van der Waals surface area contributed by atoms with Crippen LogP contribution in [0.25, 0.3) is 21.9 Å². The average molecular weight is 531 g/mol. The van der Waals surface area contributed by atoms with Gasteiger partial charge in [0, 0.05) is 40.3 Å². The molecule has 1 aliphatic rings. The number of ketones is 1. The summed E-state index contributed by atoms with van der Waals surface area (Å²) in [6.07, 6.45) is 0. The minimum atomic E-state index is -0.841. The van der Waals surface area contributed by atoms with Crippen LogP contribution in [0.1, 0.15) is 29.8 Å². The fourth-order valence-electron chi connectivity index (χ4n) is 4.31. The monoisotopic (exact) mass is 531 g/mol. The van der Waals surface area contributed by atoms with E-state index in [4.69, 9.17) is 9.47 Å². The van der Waals surface area contributed by atoms with Crippen LogP contribution >= 0.6 is 0 Å². The highest BCUT2D eigenvalue weighted by atomic mass is 16.6. The highest BCUT2D eigenvalue weighted by Gasteiger charge is 2.36. The molecule has 0 heterocycles. The molecule has 198 valence electrons. The van der Waals surface area contributed by atoms with Crippen molar-refractivity contribution in [1.29, 1.82) is 0 Å². The number of nitro groups is 3. The standard InChI is InChI=1S/C14H16O2.C13H5N3O7/c1-3-15-13-10-9-11-7-5-6-8-12(11)14(13)16-4-2;17-13-9-3-6(14(18)19)1-2-8(9)12-10(13)4-7(15(20)21)5-11(12)16(22)23/h5-10H,3-4H2,1-2H3;1-5H. The van der Waals surface area contributed by atoms with Crippen molar-refractivity contribution in [1.82, 2.24) is 0 Å². The van der Waals surface area contributed by atoms with Gasteiger partial charge in [0.25, 0.3) is 17.1 Å². The highest BCUT2D eigenvalue weighted by Crippen LogP contribution is 2.45. The van der Waals surface area contributed by atoms with E-state index in [1.54, 1.807) is 0 Å². The van der Waals surface area contributed by atoms with Crippen LogP contribution in [0, 0.1) is 30.3 Å². The summed E-state index contributed by atoms with van der Waals surface area (Å²) in [5.74, 6) is 0.955. The molecule has 39 heavy (non-hydrogen) atoms. The van der Waals surface area contributed by atoms with E-state index >= 15 is 0 Å². The quantitative estimate of drug-likeness (QED) is 0.174. The van der Waals surface area contributed by atoms with E-state index < -0.39 is 31.9 Å². The molecular formula is C27H21N3O9. The van der Waals surface area contributed by atoms with Crippen molar-refractivity contribution in [3.05, 3.63) is 108 Å². The number of hydrogen-bond donors (Lipinski definition) is 0.